The van der Waals surface area contributed by atoms with Crippen LogP contribution in [0.2, 0.25) is 0 Å². The van der Waals surface area contributed by atoms with E-state index in [2.05, 4.69) is 59.2 Å². The van der Waals surface area contributed by atoms with Gasteiger partial charge in [0.25, 0.3) is 0 Å². The summed E-state index contributed by atoms with van der Waals surface area (Å²) in [6.07, 6.45) is 0. The maximum Gasteiger partial charge on any atom is 0.142 e. The summed E-state index contributed by atoms with van der Waals surface area (Å²) in [5.74, 6) is 1.64. The average Bonchev–Trinajstić information content (AvgIpc) is 2.81. The lowest BCUT2D eigenvalue weighted by Crippen LogP contribution is -1.94. The molecule has 0 amide bonds. The highest BCUT2D eigenvalue weighted by Crippen LogP contribution is 2.30. The molecule has 4 rings (SSSR count). The summed E-state index contributed by atoms with van der Waals surface area (Å²) in [6, 6.07) is 32.5. The quantitative estimate of drug-likeness (QED) is 0.358. The number of benzene rings is 4. The average molecular weight is 396 g/mol. The largest absolute Gasteiger partial charge is 0.495 e. The van der Waals surface area contributed by atoms with Gasteiger partial charge in [-0.05, 0) is 59.7 Å². The SMILES string of the molecule is COc1ccccc1Nc1ccc(-c2ccc(Nc3ccccc3OC)cc2)cc1. The number of nitrogens with one attached hydrogen (secondary N) is 2. The zero-order chi connectivity index (χ0) is 20.8. The molecule has 0 fully saturated rings. The highest BCUT2D eigenvalue weighted by Gasteiger charge is 2.05. The van der Waals surface area contributed by atoms with E-state index in [4.69, 9.17) is 9.47 Å². The Hall–Kier alpha value is -3.92. The Morgan fingerprint density at radius 1 is 0.467 bits per heavy atom. The summed E-state index contributed by atoms with van der Waals surface area (Å²) in [5, 5.41) is 6.80. The van der Waals surface area contributed by atoms with Crippen LogP contribution in [0.3, 0.4) is 0 Å². The fourth-order valence-electron chi connectivity index (χ4n) is 3.30. The van der Waals surface area contributed by atoms with Gasteiger partial charge in [0.1, 0.15) is 11.5 Å². The van der Waals surface area contributed by atoms with E-state index in [0.717, 1.165) is 45.4 Å². The molecule has 150 valence electrons. The second-order valence-corrected chi connectivity index (χ2v) is 6.81. The van der Waals surface area contributed by atoms with E-state index >= 15 is 0 Å². The molecule has 4 aromatic rings. The molecule has 4 aromatic carbocycles. The van der Waals surface area contributed by atoms with Crippen molar-refractivity contribution in [2.45, 2.75) is 0 Å². The number of hydrogen-bond acceptors (Lipinski definition) is 4. The lowest BCUT2D eigenvalue weighted by molar-refractivity contribution is 0.416. The number of anilines is 4. The monoisotopic (exact) mass is 396 g/mol. The van der Waals surface area contributed by atoms with Gasteiger partial charge in [-0.25, -0.2) is 0 Å². The molecule has 0 aromatic heterocycles. The smallest absolute Gasteiger partial charge is 0.142 e. The van der Waals surface area contributed by atoms with Gasteiger partial charge >= 0.3 is 0 Å². The van der Waals surface area contributed by atoms with Crippen molar-refractivity contribution in [1.82, 2.24) is 0 Å². The van der Waals surface area contributed by atoms with E-state index in [1.165, 1.54) is 0 Å². The third-order valence-corrected chi connectivity index (χ3v) is 4.88. The molecule has 0 aliphatic rings. The number of hydrogen-bond donors (Lipinski definition) is 2. The van der Waals surface area contributed by atoms with Crippen molar-refractivity contribution in [3.05, 3.63) is 97.1 Å². The molecular formula is C26H24N2O2. The van der Waals surface area contributed by atoms with Crippen LogP contribution in [0.5, 0.6) is 11.5 Å². The summed E-state index contributed by atoms with van der Waals surface area (Å²) < 4.78 is 10.8. The Kier molecular flexibility index (Phi) is 5.85. The van der Waals surface area contributed by atoms with Gasteiger partial charge in [0.2, 0.25) is 0 Å². The lowest BCUT2D eigenvalue weighted by atomic mass is 10.0. The normalized spacial score (nSPS) is 10.3. The first-order valence-electron chi connectivity index (χ1n) is 9.77. The summed E-state index contributed by atoms with van der Waals surface area (Å²) in [7, 11) is 3.35. The van der Waals surface area contributed by atoms with Crippen molar-refractivity contribution in [3.63, 3.8) is 0 Å². The van der Waals surface area contributed by atoms with Gasteiger partial charge in [-0.15, -0.1) is 0 Å². The minimum absolute atomic E-state index is 0.819. The van der Waals surface area contributed by atoms with Crippen molar-refractivity contribution in [3.8, 4) is 22.6 Å². The van der Waals surface area contributed by atoms with Crippen LogP contribution in [0.25, 0.3) is 11.1 Å². The van der Waals surface area contributed by atoms with E-state index in [-0.39, 0.29) is 0 Å². The van der Waals surface area contributed by atoms with Crippen LogP contribution in [0.1, 0.15) is 0 Å². The highest BCUT2D eigenvalue weighted by molar-refractivity contribution is 5.73. The number of methoxy groups -OCH3 is 2. The number of ether oxygens (including phenoxy) is 2. The molecule has 0 saturated heterocycles. The standard InChI is InChI=1S/C26H24N2O2/c1-29-25-9-5-3-7-23(25)27-21-15-11-19(12-16-21)20-13-17-22(18-14-20)28-24-8-4-6-10-26(24)30-2/h3-18,27-28H,1-2H3. The van der Waals surface area contributed by atoms with E-state index in [1.807, 2.05) is 48.5 Å². The zero-order valence-corrected chi connectivity index (χ0v) is 17.1. The van der Waals surface area contributed by atoms with Gasteiger partial charge in [0.05, 0.1) is 25.6 Å². The Labute approximate surface area is 177 Å². The molecule has 0 bridgehead atoms. The third-order valence-electron chi connectivity index (χ3n) is 4.88. The van der Waals surface area contributed by atoms with Gasteiger partial charge < -0.3 is 20.1 Å². The van der Waals surface area contributed by atoms with Crippen molar-refractivity contribution < 1.29 is 9.47 Å². The molecule has 0 aliphatic heterocycles. The maximum absolute atomic E-state index is 5.40. The van der Waals surface area contributed by atoms with Crippen LogP contribution in [0, 0.1) is 0 Å². The molecule has 0 heterocycles. The molecular weight excluding hydrogens is 372 g/mol. The van der Waals surface area contributed by atoms with Gasteiger partial charge in [-0.3, -0.25) is 0 Å². The topological polar surface area (TPSA) is 42.5 Å². The highest BCUT2D eigenvalue weighted by atomic mass is 16.5. The molecule has 30 heavy (non-hydrogen) atoms. The molecule has 4 heteroatoms. The summed E-state index contributed by atoms with van der Waals surface area (Å²) in [4.78, 5) is 0. The second-order valence-electron chi connectivity index (χ2n) is 6.81. The van der Waals surface area contributed by atoms with Crippen LogP contribution < -0.4 is 20.1 Å². The van der Waals surface area contributed by atoms with E-state index in [9.17, 15) is 0 Å². The van der Waals surface area contributed by atoms with Crippen LogP contribution in [0.15, 0.2) is 97.1 Å². The van der Waals surface area contributed by atoms with Crippen molar-refractivity contribution in [1.29, 1.82) is 0 Å². The fourth-order valence-corrected chi connectivity index (χ4v) is 3.30. The van der Waals surface area contributed by atoms with E-state index < -0.39 is 0 Å². The molecule has 0 spiro atoms. The van der Waals surface area contributed by atoms with Gasteiger partial charge in [0.15, 0.2) is 0 Å². The molecule has 0 unspecified atom stereocenters. The molecule has 0 atom stereocenters. The molecule has 0 aliphatic carbocycles. The summed E-state index contributed by atoms with van der Waals surface area (Å²) in [5.41, 5.74) is 6.23. The van der Waals surface area contributed by atoms with Crippen LogP contribution in [-0.4, -0.2) is 14.2 Å². The minimum Gasteiger partial charge on any atom is -0.495 e. The zero-order valence-electron chi connectivity index (χ0n) is 17.1. The molecule has 4 nitrogen and oxygen atoms in total. The number of rotatable bonds is 7. The van der Waals surface area contributed by atoms with Gasteiger partial charge in [0, 0.05) is 11.4 Å². The van der Waals surface area contributed by atoms with E-state index in [1.54, 1.807) is 14.2 Å². The van der Waals surface area contributed by atoms with Crippen molar-refractivity contribution in [2.75, 3.05) is 24.9 Å². The lowest BCUT2D eigenvalue weighted by Gasteiger charge is -2.12. The Balaban J connectivity index is 1.47. The maximum atomic E-state index is 5.40. The fraction of sp³-hybridized carbons (Fsp3) is 0.0769. The second kappa shape index (κ2) is 9.05. The first kappa shape index (κ1) is 19.4. The van der Waals surface area contributed by atoms with Gasteiger partial charge in [-0.2, -0.15) is 0 Å². The molecule has 0 radical (unpaired) electrons. The first-order valence-corrected chi connectivity index (χ1v) is 9.77. The first-order chi connectivity index (χ1) is 14.8. The summed E-state index contributed by atoms with van der Waals surface area (Å²) in [6.45, 7) is 0. The van der Waals surface area contributed by atoms with Crippen molar-refractivity contribution in [2.24, 2.45) is 0 Å². The third kappa shape index (κ3) is 4.39. The predicted molar refractivity (Wildman–Crippen MR) is 124 cm³/mol. The minimum atomic E-state index is 0.819. The van der Waals surface area contributed by atoms with E-state index in [0.29, 0.717) is 0 Å². The van der Waals surface area contributed by atoms with Gasteiger partial charge in [-0.1, -0.05) is 48.5 Å². The van der Waals surface area contributed by atoms with Crippen LogP contribution in [-0.2, 0) is 0 Å². The molecule has 2 N–H and O–H groups in total. The Bertz CT molecular complexity index is 1020. The Morgan fingerprint density at radius 2 is 0.833 bits per heavy atom. The van der Waals surface area contributed by atoms with Crippen LogP contribution in [0.4, 0.5) is 22.7 Å². The predicted octanol–water partition coefficient (Wildman–Crippen LogP) is 6.86. The van der Waals surface area contributed by atoms with Crippen LogP contribution >= 0.6 is 0 Å². The summed E-state index contributed by atoms with van der Waals surface area (Å²) >= 11 is 0. The molecule has 0 saturated carbocycles. The van der Waals surface area contributed by atoms with Crippen molar-refractivity contribution >= 4 is 22.7 Å². The number of para-hydroxylation sites is 4. The Morgan fingerprint density at radius 3 is 1.20 bits per heavy atom.